The van der Waals surface area contributed by atoms with Gasteiger partial charge in [-0.3, -0.25) is 4.79 Å². The van der Waals surface area contributed by atoms with E-state index < -0.39 is 0 Å². The van der Waals surface area contributed by atoms with E-state index in [1.807, 2.05) is 31.2 Å². The Morgan fingerprint density at radius 2 is 2.11 bits per heavy atom. The number of methoxy groups -OCH3 is 1. The number of thiazole rings is 1. The average molecular weight is 275 g/mol. The number of ether oxygens (including phenoxy) is 1. The number of aryl methyl sites for hydroxylation is 1. The van der Waals surface area contributed by atoms with E-state index >= 15 is 0 Å². The highest BCUT2D eigenvalue weighted by molar-refractivity contribution is 7.13. The van der Waals surface area contributed by atoms with Crippen LogP contribution in [0, 0.1) is 0 Å². The van der Waals surface area contributed by atoms with E-state index in [2.05, 4.69) is 4.98 Å². The van der Waals surface area contributed by atoms with Crippen molar-refractivity contribution in [2.24, 2.45) is 0 Å². The van der Waals surface area contributed by atoms with Crippen molar-refractivity contribution in [3.8, 4) is 5.75 Å². The van der Waals surface area contributed by atoms with Gasteiger partial charge in [0.25, 0.3) is 0 Å². The highest BCUT2D eigenvalue weighted by atomic mass is 32.1. The highest BCUT2D eigenvalue weighted by Gasteiger charge is 2.14. The number of hydrogen-bond donors (Lipinski definition) is 0. The summed E-state index contributed by atoms with van der Waals surface area (Å²) in [5.74, 6) is 0.959. The Hall–Kier alpha value is -1.68. The summed E-state index contributed by atoms with van der Waals surface area (Å²) in [5.41, 5.74) is 2.00. The number of rotatable bonds is 5. The molecule has 1 aromatic heterocycles. The maximum absolute atomic E-state index is 11.6. The average Bonchev–Trinajstić information content (AvgIpc) is 2.82. The molecule has 0 aliphatic carbocycles. The van der Waals surface area contributed by atoms with Crippen molar-refractivity contribution in [2.75, 3.05) is 7.11 Å². The van der Waals surface area contributed by atoms with E-state index in [0.717, 1.165) is 33.3 Å². The van der Waals surface area contributed by atoms with Crippen molar-refractivity contribution in [3.63, 3.8) is 0 Å². The molecule has 0 unspecified atom stereocenters. The predicted octanol–water partition coefficient (Wildman–Crippen LogP) is 3.51. The molecule has 0 amide bonds. The molecule has 0 saturated carbocycles. The lowest BCUT2D eigenvalue weighted by atomic mass is 10.1. The minimum absolute atomic E-state index is 0.0978. The third kappa shape index (κ3) is 3.01. The summed E-state index contributed by atoms with van der Waals surface area (Å²) < 4.78 is 5.34. The third-order valence-corrected chi connectivity index (χ3v) is 4.13. The van der Waals surface area contributed by atoms with Crippen LogP contribution < -0.4 is 4.74 Å². The first kappa shape index (κ1) is 13.7. The number of para-hydroxylation sites is 1. The third-order valence-electron chi connectivity index (χ3n) is 2.93. The molecule has 4 heteroatoms. The van der Waals surface area contributed by atoms with E-state index in [0.29, 0.717) is 6.42 Å². The number of ketones is 1. The first-order chi connectivity index (χ1) is 9.15. The maximum atomic E-state index is 11.6. The zero-order valence-electron chi connectivity index (χ0n) is 11.4. The minimum Gasteiger partial charge on any atom is -0.496 e. The van der Waals surface area contributed by atoms with E-state index in [9.17, 15) is 4.79 Å². The Balaban J connectivity index is 2.31. The van der Waals surface area contributed by atoms with Gasteiger partial charge in [-0.15, -0.1) is 11.3 Å². The van der Waals surface area contributed by atoms with Gasteiger partial charge < -0.3 is 4.74 Å². The van der Waals surface area contributed by atoms with Crippen LogP contribution in [0.4, 0.5) is 0 Å². The van der Waals surface area contributed by atoms with Crippen molar-refractivity contribution < 1.29 is 9.53 Å². The molecular weight excluding hydrogens is 258 g/mol. The number of carbonyl (C=O) groups is 1. The molecule has 2 rings (SSSR count). The second kappa shape index (κ2) is 5.97. The van der Waals surface area contributed by atoms with Crippen molar-refractivity contribution in [2.45, 2.75) is 26.7 Å². The highest BCUT2D eigenvalue weighted by Crippen LogP contribution is 2.26. The SMILES string of the molecule is CCc1nc(Cc2ccccc2OC)sc1C(C)=O. The van der Waals surface area contributed by atoms with Gasteiger partial charge in [-0.1, -0.05) is 25.1 Å². The number of aromatic nitrogens is 1. The van der Waals surface area contributed by atoms with Crippen LogP contribution in [0.5, 0.6) is 5.75 Å². The Labute approximate surface area is 117 Å². The quantitative estimate of drug-likeness (QED) is 0.784. The van der Waals surface area contributed by atoms with E-state index in [1.165, 1.54) is 11.3 Å². The van der Waals surface area contributed by atoms with Gasteiger partial charge in [0.05, 0.1) is 22.7 Å². The summed E-state index contributed by atoms with van der Waals surface area (Å²) in [7, 11) is 1.67. The molecule has 0 fully saturated rings. The van der Waals surface area contributed by atoms with Crippen molar-refractivity contribution >= 4 is 17.1 Å². The van der Waals surface area contributed by atoms with Gasteiger partial charge >= 0.3 is 0 Å². The summed E-state index contributed by atoms with van der Waals surface area (Å²) in [4.78, 5) is 16.9. The second-order valence-electron chi connectivity index (χ2n) is 4.28. The fourth-order valence-electron chi connectivity index (χ4n) is 2.00. The largest absolute Gasteiger partial charge is 0.496 e. The lowest BCUT2D eigenvalue weighted by Crippen LogP contribution is -1.94. The molecule has 0 atom stereocenters. The monoisotopic (exact) mass is 275 g/mol. The fourth-order valence-corrected chi connectivity index (χ4v) is 3.07. The van der Waals surface area contributed by atoms with Gasteiger partial charge in [0.15, 0.2) is 5.78 Å². The van der Waals surface area contributed by atoms with Gasteiger partial charge in [-0.05, 0) is 12.5 Å². The van der Waals surface area contributed by atoms with Crippen LogP contribution in [0.2, 0.25) is 0 Å². The van der Waals surface area contributed by atoms with Crippen molar-refractivity contribution in [3.05, 3.63) is 45.4 Å². The minimum atomic E-state index is 0.0978. The lowest BCUT2D eigenvalue weighted by Gasteiger charge is -2.05. The Morgan fingerprint density at radius 1 is 1.37 bits per heavy atom. The maximum Gasteiger partial charge on any atom is 0.171 e. The molecular formula is C15H17NO2S. The molecule has 0 radical (unpaired) electrons. The molecule has 100 valence electrons. The molecule has 19 heavy (non-hydrogen) atoms. The summed E-state index contributed by atoms with van der Waals surface area (Å²) >= 11 is 1.49. The molecule has 3 nitrogen and oxygen atoms in total. The van der Waals surface area contributed by atoms with Crippen LogP contribution >= 0.6 is 11.3 Å². The zero-order chi connectivity index (χ0) is 13.8. The van der Waals surface area contributed by atoms with Crippen LogP contribution in [-0.2, 0) is 12.8 Å². The van der Waals surface area contributed by atoms with Crippen LogP contribution in [0.25, 0.3) is 0 Å². The Bertz CT molecular complexity index is 590. The first-order valence-electron chi connectivity index (χ1n) is 6.27. The van der Waals surface area contributed by atoms with Crippen LogP contribution in [0.1, 0.15) is 39.8 Å². The molecule has 1 aromatic carbocycles. The topological polar surface area (TPSA) is 39.2 Å². The number of carbonyl (C=O) groups excluding carboxylic acids is 1. The van der Waals surface area contributed by atoms with E-state index in [4.69, 9.17) is 4.74 Å². The summed E-state index contributed by atoms with van der Waals surface area (Å²) in [6.45, 7) is 3.62. The van der Waals surface area contributed by atoms with Crippen LogP contribution in [0.3, 0.4) is 0 Å². The molecule has 0 saturated heterocycles. The van der Waals surface area contributed by atoms with Crippen LogP contribution in [0.15, 0.2) is 24.3 Å². The zero-order valence-corrected chi connectivity index (χ0v) is 12.2. The Morgan fingerprint density at radius 3 is 2.68 bits per heavy atom. The number of Topliss-reactive ketones (excluding diaryl/α,β-unsaturated/α-hetero) is 1. The van der Waals surface area contributed by atoms with Gasteiger partial charge in [0.2, 0.25) is 0 Å². The smallest absolute Gasteiger partial charge is 0.171 e. The first-order valence-corrected chi connectivity index (χ1v) is 7.08. The standard InChI is InChI=1S/C15H17NO2S/c1-4-12-15(10(2)17)19-14(16-12)9-11-7-5-6-8-13(11)18-3/h5-8H,4,9H2,1-3H3. The summed E-state index contributed by atoms with van der Waals surface area (Å²) in [6, 6.07) is 7.90. The van der Waals surface area contributed by atoms with E-state index in [1.54, 1.807) is 14.0 Å². The number of benzene rings is 1. The molecule has 0 spiro atoms. The Kier molecular flexibility index (Phi) is 4.32. The summed E-state index contributed by atoms with van der Waals surface area (Å²) in [6.07, 6.45) is 1.49. The van der Waals surface area contributed by atoms with Gasteiger partial charge in [-0.2, -0.15) is 0 Å². The normalized spacial score (nSPS) is 10.5. The molecule has 0 N–H and O–H groups in total. The van der Waals surface area contributed by atoms with Gasteiger partial charge in [-0.25, -0.2) is 4.98 Å². The van der Waals surface area contributed by atoms with Gasteiger partial charge in [0, 0.05) is 18.9 Å². The molecule has 1 heterocycles. The van der Waals surface area contributed by atoms with Crippen molar-refractivity contribution in [1.82, 2.24) is 4.98 Å². The number of nitrogens with zero attached hydrogens (tertiary/aromatic N) is 1. The van der Waals surface area contributed by atoms with Gasteiger partial charge in [0.1, 0.15) is 5.75 Å². The summed E-state index contributed by atoms with van der Waals surface area (Å²) in [5, 5.41) is 0.964. The predicted molar refractivity (Wildman–Crippen MR) is 77.3 cm³/mol. The number of hydrogen-bond acceptors (Lipinski definition) is 4. The lowest BCUT2D eigenvalue weighted by molar-refractivity contribution is 0.102. The second-order valence-corrected chi connectivity index (χ2v) is 5.37. The van der Waals surface area contributed by atoms with Crippen molar-refractivity contribution in [1.29, 1.82) is 0 Å². The molecule has 0 bridgehead atoms. The molecule has 0 aliphatic rings. The fraction of sp³-hybridized carbons (Fsp3) is 0.333. The molecule has 2 aromatic rings. The van der Waals surface area contributed by atoms with Crippen LogP contribution in [-0.4, -0.2) is 17.9 Å². The molecule has 0 aliphatic heterocycles. The van der Waals surface area contributed by atoms with E-state index in [-0.39, 0.29) is 5.78 Å².